The van der Waals surface area contributed by atoms with Crippen LogP contribution in [0.1, 0.15) is 15.9 Å². The molecule has 0 unspecified atom stereocenters. The van der Waals surface area contributed by atoms with Crippen LogP contribution in [0, 0.1) is 0 Å². The Bertz CT molecular complexity index is 759. The lowest BCUT2D eigenvalue weighted by atomic mass is 10.1. The Balaban J connectivity index is 2.30. The molecule has 0 radical (unpaired) electrons. The summed E-state index contributed by atoms with van der Waals surface area (Å²) < 4.78 is 20.4. The molecule has 0 atom stereocenters. The molecule has 0 saturated carbocycles. The van der Waals surface area contributed by atoms with Gasteiger partial charge in [-0.3, -0.25) is 0 Å². The molecule has 0 aromatic heterocycles. The fourth-order valence-electron chi connectivity index (χ4n) is 2.29. The molecule has 0 aliphatic heterocycles. The van der Waals surface area contributed by atoms with Gasteiger partial charge in [-0.1, -0.05) is 0 Å². The largest absolute Gasteiger partial charge is 0.507 e. The highest BCUT2D eigenvalue weighted by molar-refractivity contribution is 7.98. The maximum Gasteiger partial charge on any atom is 0.341 e. The highest BCUT2D eigenvalue weighted by atomic mass is 32.2. The van der Waals surface area contributed by atoms with Gasteiger partial charge in [-0.15, -0.1) is 11.8 Å². The zero-order chi connectivity index (χ0) is 18.4. The summed E-state index contributed by atoms with van der Waals surface area (Å²) in [6, 6.07) is 8.65. The van der Waals surface area contributed by atoms with E-state index in [0.29, 0.717) is 28.6 Å². The number of hydrogen-bond donors (Lipinski definition) is 1. The van der Waals surface area contributed by atoms with Crippen LogP contribution in [0.5, 0.6) is 23.0 Å². The monoisotopic (exact) mass is 364 g/mol. The van der Waals surface area contributed by atoms with E-state index >= 15 is 0 Å². The van der Waals surface area contributed by atoms with Crippen LogP contribution in [0.2, 0.25) is 0 Å². The lowest BCUT2D eigenvalue weighted by Gasteiger charge is -2.13. The highest BCUT2D eigenvalue weighted by Gasteiger charge is 2.19. The molecule has 0 spiro atoms. The fraction of sp³-hybridized carbons (Fsp3) is 0.278. The van der Waals surface area contributed by atoms with Crippen molar-refractivity contribution in [3.05, 3.63) is 41.5 Å². The number of rotatable bonds is 7. The molecule has 2 rings (SSSR count). The van der Waals surface area contributed by atoms with E-state index in [2.05, 4.69) is 0 Å². The minimum absolute atomic E-state index is 0.135. The van der Waals surface area contributed by atoms with Crippen LogP contribution < -0.4 is 14.2 Å². The number of ether oxygens (including phenoxy) is 4. The van der Waals surface area contributed by atoms with E-state index in [4.69, 9.17) is 18.9 Å². The number of hydrogen-bond acceptors (Lipinski definition) is 7. The first-order valence-electron chi connectivity index (χ1n) is 7.37. The Morgan fingerprint density at radius 2 is 1.72 bits per heavy atom. The van der Waals surface area contributed by atoms with Gasteiger partial charge in [-0.25, -0.2) is 4.79 Å². The number of carbonyl (C=O) groups is 1. The molecule has 0 heterocycles. The van der Waals surface area contributed by atoms with Crippen molar-refractivity contribution in [1.29, 1.82) is 0 Å². The molecular weight excluding hydrogens is 344 g/mol. The molecule has 0 aliphatic carbocycles. The SMILES string of the molecule is COC(=O)c1c(O)cc(OC)cc1CSc1ccc(OC)c(OC)c1. The molecular formula is C18H20O6S. The molecule has 0 fully saturated rings. The van der Waals surface area contributed by atoms with Gasteiger partial charge >= 0.3 is 5.97 Å². The number of thioether (sulfide) groups is 1. The minimum Gasteiger partial charge on any atom is -0.507 e. The van der Waals surface area contributed by atoms with Crippen LogP contribution >= 0.6 is 11.8 Å². The van der Waals surface area contributed by atoms with Crippen molar-refractivity contribution in [2.75, 3.05) is 28.4 Å². The number of methoxy groups -OCH3 is 4. The van der Waals surface area contributed by atoms with E-state index < -0.39 is 5.97 Å². The second-order valence-corrected chi connectivity index (χ2v) is 6.03. The third-order valence-electron chi connectivity index (χ3n) is 3.55. The van der Waals surface area contributed by atoms with Gasteiger partial charge in [0.2, 0.25) is 0 Å². The van der Waals surface area contributed by atoms with Gasteiger partial charge in [-0.2, -0.15) is 0 Å². The van der Waals surface area contributed by atoms with Crippen molar-refractivity contribution in [3.63, 3.8) is 0 Å². The van der Waals surface area contributed by atoms with Crippen molar-refractivity contribution < 1.29 is 28.8 Å². The van der Waals surface area contributed by atoms with Crippen molar-refractivity contribution in [1.82, 2.24) is 0 Å². The standard InChI is InChI=1S/C18H20O6S/c1-21-12-7-11(17(14(19)8-12)18(20)24-4)10-25-13-5-6-15(22-2)16(9-13)23-3/h5-9,19H,10H2,1-4H3. The fourth-order valence-corrected chi connectivity index (χ4v) is 3.20. The zero-order valence-electron chi connectivity index (χ0n) is 14.5. The summed E-state index contributed by atoms with van der Waals surface area (Å²) >= 11 is 1.48. The van der Waals surface area contributed by atoms with Gasteiger partial charge in [0.15, 0.2) is 11.5 Å². The van der Waals surface area contributed by atoms with E-state index in [1.165, 1.54) is 32.0 Å². The van der Waals surface area contributed by atoms with Crippen LogP contribution in [-0.2, 0) is 10.5 Å². The Kier molecular flexibility index (Phi) is 6.41. The first kappa shape index (κ1) is 18.8. The average Bonchev–Trinajstić information content (AvgIpc) is 2.64. The summed E-state index contributed by atoms with van der Waals surface area (Å²) in [5.74, 6) is 1.39. The van der Waals surface area contributed by atoms with Crippen molar-refractivity contribution in [2.24, 2.45) is 0 Å². The third-order valence-corrected chi connectivity index (χ3v) is 4.59. The molecule has 0 aliphatic rings. The first-order chi connectivity index (χ1) is 12.0. The van der Waals surface area contributed by atoms with Gasteiger partial charge in [0, 0.05) is 16.7 Å². The minimum atomic E-state index is -0.594. The van der Waals surface area contributed by atoms with Crippen LogP contribution in [0.15, 0.2) is 35.2 Å². The number of aromatic hydroxyl groups is 1. The van der Waals surface area contributed by atoms with E-state index in [-0.39, 0.29) is 11.3 Å². The smallest absolute Gasteiger partial charge is 0.341 e. The third kappa shape index (κ3) is 4.30. The van der Waals surface area contributed by atoms with Crippen LogP contribution in [0.3, 0.4) is 0 Å². The quantitative estimate of drug-likeness (QED) is 0.595. The number of phenolic OH excluding ortho intramolecular Hbond substituents is 1. The number of benzene rings is 2. The predicted molar refractivity (Wildman–Crippen MR) is 95.1 cm³/mol. The summed E-state index contributed by atoms with van der Waals surface area (Å²) in [6.45, 7) is 0. The Morgan fingerprint density at radius 3 is 2.32 bits per heavy atom. The second-order valence-electron chi connectivity index (χ2n) is 4.98. The number of carbonyl (C=O) groups excluding carboxylic acids is 1. The van der Waals surface area contributed by atoms with Crippen molar-refractivity contribution in [3.8, 4) is 23.0 Å². The summed E-state index contributed by atoms with van der Waals surface area (Å²) in [7, 11) is 5.92. The molecule has 0 bridgehead atoms. The molecule has 0 amide bonds. The van der Waals surface area contributed by atoms with Gasteiger partial charge in [0.1, 0.15) is 17.1 Å². The Morgan fingerprint density at radius 1 is 1.00 bits per heavy atom. The van der Waals surface area contributed by atoms with E-state index in [1.807, 2.05) is 18.2 Å². The van der Waals surface area contributed by atoms with Gasteiger partial charge in [-0.05, 0) is 29.8 Å². The van der Waals surface area contributed by atoms with Crippen molar-refractivity contribution in [2.45, 2.75) is 10.6 Å². The molecule has 6 nitrogen and oxygen atoms in total. The van der Waals surface area contributed by atoms with Gasteiger partial charge < -0.3 is 24.1 Å². The van der Waals surface area contributed by atoms with Crippen LogP contribution in [-0.4, -0.2) is 39.5 Å². The molecule has 25 heavy (non-hydrogen) atoms. The molecule has 7 heteroatoms. The van der Waals surface area contributed by atoms with E-state index in [1.54, 1.807) is 20.3 Å². The summed E-state index contributed by atoms with van der Waals surface area (Å²) in [6.07, 6.45) is 0. The lowest BCUT2D eigenvalue weighted by Crippen LogP contribution is -2.06. The number of esters is 1. The van der Waals surface area contributed by atoms with E-state index in [9.17, 15) is 9.90 Å². The van der Waals surface area contributed by atoms with Crippen LogP contribution in [0.25, 0.3) is 0 Å². The topological polar surface area (TPSA) is 74.2 Å². The molecule has 2 aromatic rings. The Hall–Kier alpha value is -2.54. The van der Waals surface area contributed by atoms with Gasteiger partial charge in [0.05, 0.1) is 28.4 Å². The van der Waals surface area contributed by atoms with Crippen molar-refractivity contribution >= 4 is 17.7 Å². The van der Waals surface area contributed by atoms with Crippen LogP contribution in [0.4, 0.5) is 0 Å². The maximum atomic E-state index is 12.0. The summed E-state index contributed by atoms with van der Waals surface area (Å²) in [5.41, 5.74) is 0.750. The first-order valence-corrected chi connectivity index (χ1v) is 8.35. The second kappa shape index (κ2) is 8.53. The summed E-state index contributed by atoms with van der Waals surface area (Å²) in [5, 5.41) is 10.1. The average molecular weight is 364 g/mol. The van der Waals surface area contributed by atoms with E-state index in [0.717, 1.165) is 4.90 Å². The normalized spacial score (nSPS) is 10.2. The van der Waals surface area contributed by atoms with Gasteiger partial charge in [0.25, 0.3) is 0 Å². The highest BCUT2D eigenvalue weighted by Crippen LogP contribution is 2.36. The molecule has 134 valence electrons. The predicted octanol–water partition coefficient (Wildman–Crippen LogP) is 3.50. The Labute approximate surface area is 150 Å². The zero-order valence-corrected chi connectivity index (χ0v) is 15.3. The summed E-state index contributed by atoms with van der Waals surface area (Å²) in [4.78, 5) is 12.9. The maximum absolute atomic E-state index is 12.0. The molecule has 1 N–H and O–H groups in total. The lowest BCUT2D eigenvalue weighted by molar-refractivity contribution is 0.0596. The molecule has 2 aromatic carbocycles. The number of phenols is 1. The molecule has 0 saturated heterocycles.